The quantitative estimate of drug-likeness (QED) is 0.709. The van der Waals surface area contributed by atoms with E-state index in [1.807, 2.05) is 24.3 Å². The summed E-state index contributed by atoms with van der Waals surface area (Å²) in [7, 11) is 0. The molecule has 0 saturated carbocycles. The van der Waals surface area contributed by atoms with Gasteiger partial charge in [0.2, 0.25) is 0 Å². The van der Waals surface area contributed by atoms with Crippen LogP contribution < -0.4 is 10.2 Å². The molecule has 1 aromatic carbocycles. The Morgan fingerprint density at radius 1 is 1.40 bits per heavy atom. The molecule has 0 radical (unpaired) electrons. The first-order valence-corrected chi connectivity index (χ1v) is 9.86. The lowest BCUT2D eigenvalue weighted by atomic mass is 10.2. The van der Waals surface area contributed by atoms with Crippen LogP contribution in [0.3, 0.4) is 0 Å². The van der Waals surface area contributed by atoms with Crippen molar-refractivity contribution in [1.29, 1.82) is 0 Å². The molecule has 2 aromatic rings. The molecule has 1 saturated heterocycles. The molecular formula is C17H18BrClN4OS. The molecule has 25 heavy (non-hydrogen) atoms. The summed E-state index contributed by atoms with van der Waals surface area (Å²) >= 11 is 11.0. The molecule has 5 nitrogen and oxygen atoms in total. The smallest absolute Gasteiger partial charge is 0.267 e. The van der Waals surface area contributed by atoms with Crippen molar-refractivity contribution < 1.29 is 4.79 Å². The Morgan fingerprint density at radius 3 is 2.80 bits per heavy atom. The predicted octanol–water partition coefficient (Wildman–Crippen LogP) is 4.12. The highest BCUT2D eigenvalue weighted by Crippen LogP contribution is 2.35. The standard InChI is InChI=1S/C17H18BrClN4OS/c1-2-6-22-7-9-23(10-8-22)15-12(19)4-3-5-13(15)21-16(24)14-11-20-17(18)25-14/h2-5,11H,1,6-10H2,(H,21,24). The molecule has 2 heterocycles. The summed E-state index contributed by atoms with van der Waals surface area (Å²) in [5.41, 5.74) is 1.60. The van der Waals surface area contributed by atoms with E-state index >= 15 is 0 Å². The monoisotopic (exact) mass is 440 g/mol. The summed E-state index contributed by atoms with van der Waals surface area (Å²) in [6, 6.07) is 5.58. The van der Waals surface area contributed by atoms with Crippen LogP contribution in [0.2, 0.25) is 5.02 Å². The number of carbonyl (C=O) groups is 1. The number of aromatic nitrogens is 1. The fraction of sp³-hybridized carbons (Fsp3) is 0.294. The number of halogens is 2. The molecule has 8 heteroatoms. The molecule has 0 unspecified atom stereocenters. The molecule has 0 spiro atoms. The van der Waals surface area contributed by atoms with Crippen molar-refractivity contribution in [3.63, 3.8) is 0 Å². The van der Waals surface area contributed by atoms with Crippen LogP contribution in [0.15, 0.2) is 41.0 Å². The van der Waals surface area contributed by atoms with E-state index in [1.165, 1.54) is 11.3 Å². The molecule has 1 amide bonds. The third-order valence-corrected chi connectivity index (χ3v) is 5.79. The van der Waals surface area contributed by atoms with Gasteiger partial charge in [0.05, 0.1) is 22.6 Å². The number of benzene rings is 1. The van der Waals surface area contributed by atoms with Crippen LogP contribution in [0.5, 0.6) is 0 Å². The molecule has 3 rings (SSSR count). The van der Waals surface area contributed by atoms with Gasteiger partial charge in [-0.05, 0) is 28.1 Å². The van der Waals surface area contributed by atoms with Crippen LogP contribution in [0, 0.1) is 0 Å². The van der Waals surface area contributed by atoms with E-state index in [4.69, 9.17) is 11.6 Å². The SMILES string of the molecule is C=CCN1CCN(c2c(Cl)cccc2NC(=O)c2cnc(Br)s2)CC1. The van der Waals surface area contributed by atoms with E-state index in [9.17, 15) is 4.79 Å². The highest BCUT2D eigenvalue weighted by atomic mass is 79.9. The van der Waals surface area contributed by atoms with Gasteiger partial charge in [-0.3, -0.25) is 9.69 Å². The minimum Gasteiger partial charge on any atom is -0.366 e. The van der Waals surface area contributed by atoms with Crippen molar-refractivity contribution in [3.05, 3.63) is 50.9 Å². The first-order chi connectivity index (χ1) is 12.1. The number of nitrogens with zero attached hydrogens (tertiary/aromatic N) is 3. The molecule has 1 aliphatic heterocycles. The van der Waals surface area contributed by atoms with Gasteiger partial charge in [0.1, 0.15) is 4.88 Å². The summed E-state index contributed by atoms with van der Waals surface area (Å²) in [5, 5.41) is 3.61. The summed E-state index contributed by atoms with van der Waals surface area (Å²) in [4.78, 5) is 21.6. The lowest BCUT2D eigenvalue weighted by molar-refractivity contribution is 0.103. The maximum atomic E-state index is 12.5. The Hall–Kier alpha value is -1.41. The Kier molecular flexibility index (Phi) is 6.11. The van der Waals surface area contributed by atoms with E-state index in [2.05, 4.69) is 42.6 Å². The molecule has 0 aliphatic carbocycles. The van der Waals surface area contributed by atoms with Gasteiger partial charge in [-0.2, -0.15) is 0 Å². The third kappa shape index (κ3) is 4.41. The Labute approximate surface area is 164 Å². The first kappa shape index (κ1) is 18.4. The van der Waals surface area contributed by atoms with Crippen LogP contribution in [0.4, 0.5) is 11.4 Å². The third-order valence-electron chi connectivity index (χ3n) is 4.01. The van der Waals surface area contributed by atoms with E-state index < -0.39 is 0 Å². The number of carbonyl (C=O) groups excluding carboxylic acids is 1. The van der Waals surface area contributed by atoms with Crippen LogP contribution in [-0.4, -0.2) is 48.5 Å². The molecule has 1 aliphatic rings. The molecule has 1 aromatic heterocycles. The lowest BCUT2D eigenvalue weighted by Crippen LogP contribution is -2.46. The molecule has 0 atom stereocenters. The zero-order valence-electron chi connectivity index (χ0n) is 13.5. The summed E-state index contributed by atoms with van der Waals surface area (Å²) in [6.45, 7) is 8.26. The second-order valence-electron chi connectivity index (χ2n) is 5.64. The topological polar surface area (TPSA) is 48.5 Å². The zero-order valence-corrected chi connectivity index (χ0v) is 16.7. The minimum absolute atomic E-state index is 0.183. The Morgan fingerprint density at radius 2 is 2.16 bits per heavy atom. The average molecular weight is 442 g/mol. The van der Waals surface area contributed by atoms with Crippen LogP contribution in [-0.2, 0) is 0 Å². The van der Waals surface area contributed by atoms with Gasteiger partial charge in [0.15, 0.2) is 3.92 Å². The lowest BCUT2D eigenvalue weighted by Gasteiger charge is -2.36. The maximum Gasteiger partial charge on any atom is 0.267 e. The van der Waals surface area contributed by atoms with Crippen molar-refractivity contribution >= 4 is 56.1 Å². The highest BCUT2D eigenvalue weighted by Gasteiger charge is 2.22. The van der Waals surface area contributed by atoms with Crippen molar-refractivity contribution in [2.45, 2.75) is 0 Å². The van der Waals surface area contributed by atoms with Gasteiger partial charge in [-0.15, -0.1) is 17.9 Å². The number of anilines is 2. The number of rotatable bonds is 5. The normalized spacial score (nSPS) is 15.2. The van der Waals surface area contributed by atoms with Crippen molar-refractivity contribution in [1.82, 2.24) is 9.88 Å². The Balaban J connectivity index is 1.78. The summed E-state index contributed by atoms with van der Waals surface area (Å²) in [5.74, 6) is -0.183. The largest absolute Gasteiger partial charge is 0.366 e. The maximum absolute atomic E-state index is 12.5. The van der Waals surface area contributed by atoms with Gasteiger partial charge in [0.25, 0.3) is 5.91 Å². The number of piperazine rings is 1. The number of nitrogens with one attached hydrogen (secondary N) is 1. The molecular weight excluding hydrogens is 424 g/mol. The van der Waals surface area contributed by atoms with Gasteiger partial charge < -0.3 is 10.2 Å². The number of hydrogen-bond donors (Lipinski definition) is 1. The van der Waals surface area contributed by atoms with Gasteiger partial charge in [-0.1, -0.05) is 23.7 Å². The average Bonchev–Trinajstić information content (AvgIpc) is 3.03. The number of para-hydroxylation sites is 1. The molecule has 0 bridgehead atoms. The van der Waals surface area contributed by atoms with Crippen molar-refractivity contribution in [2.75, 3.05) is 42.9 Å². The van der Waals surface area contributed by atoms with Crippen LogP contribution in [0.1, 0.15) is 9.67 Å². The van der Waals surface area contributed by atoms with Crippen molar-refractivity contribution in [2.24, 2.45) is 0 Å². The minimum atomic E-state index is -0.183. The fourth-order valence-electron chi connectivity index (χ4n) is 2.82. The van der Waals surface area contributed by atoms with Crippen LogP contribution in [0.25, 0.3) is 0 Å². The zero-order chi connectivity index (χ0) is 17.8. The van der Waals surface area contributed by atoms with Gasteiger partial charge in [-0.25, -0.2) is 4.98 Å². The first-order valence-electron chi connectivity index (χ1n) is 7.88. The van der Waals surface area contributed by atoms with Gasteiger partial charge in [0, 0.05) is 32.7 Å². The molecule has 1 N–H and O–H groups in total. The molecule has 132 valence electrons. The number of thiazole rings is 1. The van der Waals surface area contributed by atoms with Crippen LogP contribution >= 0.6 is 38.9 Å². The summed E-state index contributed by atoms with van der Waals surface area (Å²) < 4.78 is 0.683. The summed E-state index contributed by atoms with van der Waals surface area (Å²) in [6.07, 6.45) is 3.48. The predicted molar refractivity (Wildman–Crippen MR) is 108 cm³/mol. The second-order valence-corrected chi connectivity index (χ2v) is 8.36. The highest BCUT2D eigenvalue weighted by molar-refractivity contribution is 9.11. The van der Waals surface area contributed by atoms with E-state index in [0.717, 1.165) is 44.1 Å². The second kappa shape index (κ2) is 8.31. The van der Waals surface area contributed by atoms with E-state index in [1.54, 1.807) is 6.20 Å². The van der Waals surface area contributed by atoms with E-state index in [-0.39, 0.29) is 5.91 Å². The number of amides is 1. The fourth-order valence-corrected chi connectivity index (χ4v) is 4.27. The van der Waals surface area contributed by atoms with E-state index in [0.29, 0.717) is 13.8 Å². The van der Waals surface area contributed by atoms with Crippen molar-refractivity contribution in [3.8, 4) is 0 Å². The molecule has 1 fully saturated rings. The Bertz CT molecular complexity index is 774. The number of hydrogen-bond acceptors (Lipinski definition) is 5. The van der Waals surface area contributed by atoms with Gasteiger partial charge >= 0.3 is 0 Å².